The molecule has 0 bridgehead atoms. The number of benzene rings is 3. The third-order valence-corrected chi connectivity index (χ3v) is 8.43. The summed E-state index contributed by atoms with van der Waals surface area (Å²) in [6.45, 7) is 9.77. The average molecular weight is 509 g/mol. The third-order valence-electron chi connectivity index (χ3n) is 6.63. The fourth-order valence-corrected chi connectivity index (χ4v) is 5.90. The Balaban J connectivity index is 1.64. The molecule has 3 aromatic carbocycles. The molecule has 0 unspecified atom stereocenters. The first kappa shape index (κ1) is 25.6. The summed E-state index contributed by atoms with van der Waals surface area (Å²) in [5.74, 6) is 0.528. The van der Waals surface area contributed by atoms with E-state index in [9.17, 15) is 13.2 Å². The summed E-state index contributed by atoms with van der Waals surface area (Å²) in [7, 11) is -2.44. The summed E-state index contributed by atoms with van der Waals surface area (Å²) in [5.41, 5.74) is 5.73. The van der Waals surface area contributed by atoms with Crippen molar-refractivity contribution in [3.05, 3.63) is 82.4 Å². The van der Waals surface area contributed by atoms with E-state index in [4.69, 9.17) is 9.47 Å². The van der Waals surface area contributed by atoms with E-state index in [0.29, 0.717) is 17.2 Å². The van der Waals surface area contributed by atoms with Gasteiger partial charge in [-0.3, -0.25) is 9.10 Å². The van der Waals surface area contributed by atoms with Crippen LogP contribution in [0.1, 0.15) is 40.8 Å². The number of anilines is 1. The minimum absolute atomic E-state index is 0.107. The number of carbonyl (C=O) groups is 1. The summed E-state index contributed by atoms with van der Waals surface area (Å²) in [6, 6.07) is 15.4. The second-order valence-electron chi connectivity index (χ2n) is 9.31. The zero-order chi connectivity index (χ0) is 26.2. The zero-order valence-electron chi connectivity index (χ0n) is 21.5. The fourth-order valence-electron chi connectivity index (χ4n) is 4.43. The molecule has 0 aliphatic carbocycles. The summed E-state index contributed by atoms with van der Waals surface area (Å²) in [4.78, 5) is 13.4. The van der Waals surface area contributed by atoms with Crippen molar-refractivity contribution in [2.45, 2.75) is 51.7 Å². The molecule has 1 N–H and O–H groups in total. The molecule has 3 aromatic rings. The largest absolute Gasteiger partial charge is 0.497 e. The van der Waals surface area contributed by atoms with Gasteiger partial charge in [0.25, 0.3) is 15.9 Å². The normalized spacial score (nSPS) is 16.1. The van der Waals surface area contributed by atoms with Crippen LogP contribution >= 0.6 is 0 Å². The van der Waals surface area contributed by atoms with Crippen LogP contribution in [0.5, 0.6) is 11.5 Å². The summed E-state index contributed by atoms with van der Waals surface area (Å²) in [5, 5.41) is 3.02. The van der Waals surface area contributed by atoms with Crippen molar-refractivity contribution in [3.8, 4) is 11.5 Å². The van der Waals surface area contributed by atoms with Crippen LogP contribution in [-0.2, 0) is 14.8 Å². The van der Waals surface area contributed by atoms with E-state index in [0.717, 1.165) is 22.3 Å². The van der Waals surface area contributed by atoms with Crippen LogP contribution in [0.3, 0.4) is 0 Å². The lowest BCUT2D eigenvalue weighted by Gasteiger charge is -2.35. The van der Waals surface area contributed by atoms with Gasteiger partial charge in [0.2, 0.25) is 0 Å². The minimum atomic E-state index is -3.96. The predicted octanol–water partition coefficient (Wildman–Crippen LogP) is 4.76. The molecule has 0 radical (unpaired) electrons. The monoisotopic (exact) mass is 508 g/mol. The van der Waals surface area contributed by atoms with E-state index in [2.05, 4.69) is 24.4 Å². The van der Waals surface area contributed by atoms with Crippen LogP contribution in [0, 0.1) is 27.7 Å². The van der Waals surface area contributed by atoms with Crippen LogP contribution < -0.4 is 19.1 Å². The SMILES string of the molecule is COc1ccc(S(=O)(=O)N2C[C@@H](C(=O)N[C@@H](C)c3cc(C)c(C)cc3C)Oc3ccc(C)cc32)cc1. The summed E-state index contributed by atoms with van der Waals surface area (Å²) in [6.07, 6.45) is -1.01. The average Bonchev–Trinajstić information content (AvgIpc) is 2.85. The Kier molecular flexibility index (Phi) is 7.00. The van der Waals surface area contributed by atoms with Gasteiger partial charge in [-0.2, -0.15) is 0 Å². The van der Waals surface area contributed by atoms with Gasteiger partial charge in [-0.25, -0.2) is 8.42 Å². The second kappa shape index (κ2) is 9.85. The number of fused-ring (bicyclic) bond motifs is 1. The van der Waals surface area contributed by atoms with E-state index in [1.54, 1.807) is 24.3 Å². The highest BCUT2D eigenvalue weighted by Gasteiger charge is 2.38. The van der Waals surface area contributed by atoms with Crippen molar-refractivity contribution in [2.24, 2.45) is 0 Å². The molecule has 8 heteroatoms. The van der Waals surface area contributed by atoms with Crippen molar-refractivity contribution in [1.29, 1.82) is 0 Å². The first-order valence-corrected chi connectivity index (χ1v) is 13.3. The molecule has 0 spiro atoms. The van der Waals surface area contributed by atoms with E-state index in [1.165, 1.54) is 29.1 Å². The Labute approximate surface area is 213 Å². The lowest BCUT2D eigenvalue weighted by molar-refractivity contribution is -0.128. The Hall–Kier alpha value is -3.52. The number of nitrogens with one attached hydrogen (secondary N) is 1. The van der Waals surface area contributed by atoms with Gasteiger partial charge in [-0.15, -0.1) is 0 Å². The molecule has 1 aliphatic rings. The quantitative estimate of drug-likeness (QED) is 0.519. The maximum absolute atomic E-state index is 13.7. The van der Waals surface area contributed by atoms with Gasteiger partial charge in [0, 0.05) is 0 Å². The topological polar surface area (TPSA) is 84.9 Å². The number of amides is 1. The van der Waals surface area contributed by atoms with Gasteiger partial charge >= 0.3 is 0 Å². The number of hydrogen-bond acceptors (Lipinski definition) is 5. The first-order valence-electron chi connectivity index (χ1n) is 11.8. The molecule has 36 heavy (non-hydrogen) atoms. The van der Waals surface area contributed by atoms with Gasteiger partial charge in [0.1, 0.15) is 11.5 Å². The molecule has 0 aromatic heterocycles. The smallest absolute Gasteiger partial charge is 0.264 e. The highest BCUT2D eigenvalue weighted by atomic mass is 32.2. The standard InChI is InChI=1S/C28H32N2O5S/c1-17-7-12-26-25(13-17)30(36(32,33)23-10-8-22(34-6)9-11-23)16-27(35-26)28(31)29-21(5)24-15-19(3)18(2)14-20(24)4/h7-15,21,27H,16H2,1-6H3,(H,29,31)/t21-,27-/m0/s1. The number of nitrogens with zero attached hydrogens (tertiary/aromatic N) is 1. The number of hydrogen-bond donors (Lipinski definition) is 1. The predicted molar refractivity (Wildman–Crippen MR) is 140 cm³/mol. The maximum Gasteiger partial charge on any atom is 0.264 e. The van der Waals surface area contributed by atoms with Crippen LogP contribution in [-0.4, -0.2) is 34.1 Å². The van der Waals surface area contributed by atoms with Crippen LogP contribution in [0.2, 0.25) is 0 Å². The highest BCUT2D eigenvalue weighted by molar-refractivity contribution is 7.92. The molecular formula is C28H32N2O5S. The van der Waals surface area contributed by atoms with Crippen molar-refractivity contribution in [3.63, 3.8) is 0 Å². The van der Waals surface area contributed by atoms with Gasteiger partial charge in [0.05, 0.1) is 30.3 Å². The van der Waals surface area contributed by atoms with Crippen molar-refractivity contribution in [2.75, 3.05) is 18.0 Å². The molecule has 1 heterocycles. The Bertz CT molecular complexity index is 1400. The lowest BCUT2D eigenvalue weighted by Crippen LogP contribution is -2.51. The van der Waals surface area contributed by atoms with E-state index >= 15 is 0 Å². The van der Waals surface area contributed by atoms with Crippen LogP contribution in [0.15, 0.2) is 59.5 Å². The zero-order valence-corrected chi connectivity index (χ0v) is 22.3. The molecule has 0 saturated carbocycles. The molecule has 0 saturated heterocycles. The molecule has 190 valence electrons. The number of aryl methyl sites for hydroxylation is 4. The molecule has 1 amide bonds. The number of methoxy groups -OCH3 is 1. The maximum atomic E-state index is 13.7. The number of sulfonamides is 1. The van der Waals surface area contributed by atoms with E-state index < -0.39 is 16.1 Å². The Morgan fingerprint density at radius 2 is 1.67 bits per heavy atom. The van der Waals surface area contributed by atoms with Gasteiger partial charge in [-0.05, 0) is 98.8 Å². The first-order chi connectivity index (χ1) is 17.0. The molecule has 0 fully saturated rings. The lowest BCUT2D eigenvalue weighted by atomic mass is 9.96. The number of rotatable bonds is 6. The summed E-state index contributed by atoms with van der Waals surface area (Å²) < 4.78 is 39.8. The summed E-state index contributed by atoms with van der Waals surface area (Å²) >= 11 is 0. The number of carbonyl (C=O) groups excluding carboxylic acids is 1. The van der Waals surface area contributed by atoms with Crippen molar-refractivity contribution < 1.29 is 22.7 Å². The molecular weight excluding hydrogens is 476 g/mol. The third kappa shape index (κ3) is 4.91. The second-order valence-corrected chi connectivity index (χ2v) is 11.2. The van der Waals surface area contributed by atoms with Gasteiger partial charge < -0.3 is 14.8 Å². The Morgan fingerprint density at radius 3 is 2.33 bits per heavy atom. The number of ether oxygens (including phenoxy) is 2. The van der Waals surface area contributed by atoms with Crippen molar-refractivity contribution >= 4 is 21.6 Å². The van der Waals surface area contributed by atoms with Crippen molar-refractivity contribution in [1.82, 2.24) is 5.32 Å². The molecule has 7 nitrogen and oxygen atoms in total. The van der Waals surface area contributed by atoms with E-state index in [1.807, 2.05) is 33.8 Å². The van der Waals surface area contributed by atoms with Crippen LogP contribution in [0.4, 0.5) is 5.69 Å². The highest BCUT2D eigenvalue weighted by Crippen LogP contribution is 2.38. The van der Waals surface area contributed by atoms with E-state index in [-0.39, 0.29) is 23.4 Å². The van der Waals surface area contributed by atoms with Gasteiger partial charge in [-0.1, -0.05) is 18.2 Å². The fraction of sp³-hybridized carbons (Fsp3) is 0.321. The molecule has 4 rings (SSSR count). The Morgan fingerprint density at radius 1 is 1.00 bits per heavy atom. The molecule has 1 aliphatic heterocycles. The van der Waals surface area contributed by atoms with Gasteiger partial charge in [0.15, 0.2) is 6.10 Å². The minimum Gasteiger partial charge on any atom is -0.497 e. The molecule has 2 atom stereocenters. The van der Waals surface area contributed by atoms with Crippen LogP contribution in [0.25, 0.3) is 0 Å².